The highest BCUT2D eigenvalue weighted by molar-refractivity contribution is 5.94. The van der Waals surface area contributed by atoms with Crippen LogP contribution in [0.5, 0.6) is 23.0 Å². The van der Waals surface area contributed by atoms with Crippen molar-refractivity contribution in [3.05, 3.63) is 445 Å². The summed E-state index contributed by atoms with van der Waals surface area (Å²) < 4.78 is 14.1. The average molecular weight is 1430 g/mol. The molecule has 522 valence electrons. The van der Waals surface area contributed by atoms with E-state index in [1.165, 1.54) is 44.5 Å². The van der Waals surface area contributed by atoms with Gasteiger partial charge in [0.15, 0.2) is 11.6 Å². The van der Waals surface area contributed by atoms with Crippen LogP contribution in [0, 0.1) is 0 Å². The molecule has 4 heterocycles. The van der Waals surface area contributed by atoms with Gasteiger partial charge in [-0.1, -0.05) is 346 Å². The number of fused-ring (bicyclic) bond motifs is 18. The van der Waals surface area contributed by atoms with Crippen molar-refractivity contribution < 1.29 is 9.47 Å². The lowest BCUT2D eigenvalue weighted by Gasteiger charge is -2.40. The highest BCUT2D eigenvalue weighted by atomic mass is 16.5. The molecule has 0 radical (unpaired) electrons. The molecule has 0 bridgehead atoms. The highest BCUT2D eigenvalue weighted by Gasteiger charge is 2.53. The number of hydrogen-bond donors (Lipinski definition) is 0. The summed E-state index contributed by atoms with van der Waals surface area (Å²) in [6.07, 6.45) is 0. The Balaban J connectivity index is 0.603. The monoisotopic (exact) mass is 1430 g/mol. The first kappa shape index (κ1) is 64.5. The molecule has 16 aromatic carbocycles. The molecule has 0 N–H and O–H groups in total. The highest BCUT2D eigenvalue weighted by Crippen LogP contribution is 2.65. The van der Waals surface area contributed by atoms with Gasteiger partial charge in [0.25, 0.3) is 0 Å². The fourth-order valence-electron chi connectivity index (χ4n) is 18.3. The van der Waals surface area contributed by atoms with E-state index in [0.717, 1.165) is 157 Å². The predicted octanol–water partition coefficient (Wildman–Crippen LogP) is 26.5. The molecule has 2 aromatic heterocycles. The Hall–Kier alpha value is -14.7. The van der Waals surface area contributed by atoms with Crippen LogP contribution < -0.4 is 9.47 Å². The van der Waals surface area contributed by atoms with Crippen LogP contribution >= 0.6 is 0 Å². The van der Waals surface area contributed by atoms with Crippen LogP contribution in [0.2, 0.25) is 0 Å². The van der Waals surface area contributed by atoms with Crippen molar-refractivity contribution in [3.63, 3.8) is 0 Å². The molecular formula is C106H66N4O2. The molecule has 112 heavy (non-hydrogen) atoms. The third-order valence-corrected chi connectivity index (χ3v) is 23.3. The summed E-state index contributed by atoms with van der Waals surface area (Å²) in [6, 6.07) is 143. The van der Waals surface area contributed by atoms with Crippen molar-refractivity contribution in [1.82, 2.24) is 19.9 Å². The van der Waals surface area contributed by atoms with Crippen molar-refractivity contribution in [1.29, 1.82) is 0 Å². The van der Waals surface area contributed by atoms with Gasteiger partial charge in [-0.05, 0) is 155 Å². The zero-order valence-electron chi connectivity index (χ0n) is 60.7. The molecule has 6 heteroatoms. The van der Waals surface area contributed by atoms with E-state index in [2.05, 4.69) is 388 Å². The van der Waals surface area contributed by atoms with E-state index in [0.29, 0.717) is 11.6 Å². The topological polar surface area (TPSA) is 70.0 Å². The van der Waals surface area contributed by atoms with E-state index in [4.69, 9.17) is 29.4 Å². The minimum atomic E-state index is -0.709. The van der Waals surface area contributed by atoms with Crippen LogP contribution in [0.25, 0.3) is 146 Å². The van der Waals surface area contributed by atoms with Gasteiger partial charge in [-0.25, -0.2) is 19.9 Å². The van der Waals surface area contributed by atoms with E-state index in [1.54, 1.807) is 0 Å². The summed E-state index contributed by atoms with van der Waals surface area (Å²) in [5.74, 6) is 4.66. The Labute approximate surface area is 649 Å². The van der Waals surface area contributed by atoms with E-state index in [9.17, 15) is 0 Å². The van der Waals surface area contributed by atoms with E-state index in [-0.39, 0.29) is 0 Å². The van der Waals surface area contributed by atoms with Gasteiger partial charge in [-0.15, -0.1) is 0 Å². The predicted molar refractivity (Wildman–Crippen MR) is 452 cm³/mol. The zero-order chi connectivity index (χ0) is 73.9. The molecular weight excluding hydrogens is 1360 g/mol. The second kappa shape index (κ2) is 26.0. The number of hydrogen-bond acceptors (Lipinski definition) is 6. The number of ether oxygens (including phenoxy) is 2. The molecule has 4 aliphatic rings. The maximum absolute atomic E-state index is 7.34. The van der Waals surface area contributed by atoms with Crippen LogP contribution in [-0.2, 0) is 10.8 Å². The van der Waals surface area contributed by atoms with Crippen molar-refractivity contribution in [2.45, 2.75) is 10.8 Å². The lowest BCUT2D eigenvalue weighted by Crippen LogP contribution is -2.32. The molecule has 0 atom stereocenters. The molecule has 18 aromatic rings. The normalized spacial score (nSPS) is 13.1. The van der Waals surface area contributed by atoms with Crippen molar-refractivity contribution in [2.75, 3.05) is 0 Å². The van der Waals surface area contributed by atoms with Crippen LogP contribution in [0.3, 0.4) is 0 Å². The maximum Gasteiger partial charge on any atom is 0.160 e. The summed E-state index contributed by atoms with van der Waals surface area (Å²) in [7, 11) is 0. The minimum absolute atomic E-state index is 0.564. The summed E-state index contributed by atoms with van der Waals surface area (Å²) in [6.45, 7) is 0. The van der Waals surface area contributed by atoms with Crippen LogP contribution in [0.1, 0.15) is 44.5 Å². The van der Waals surface area contributed by atoms with Crippen LogP contribution in [0.15, 0.2) is 400 Å². The largest absolute Gasteiger partial charge is 0.457 e. The van der Waals surface area contributed by atoms with E-state index in [1.807, 2.05) is 12.1 Å². The lowest BCUT2D eigenvalue weighted by atomic mass is 9.65. The summed E-state index contributed by atoms with van der Waals surface area (Å²) >= 11 is 0. The van der Waals surface area contributed by atoms with Gasteiger partial charge >= 0.3 is 0 Å². The average Bonchev–Trinajstić information content (AvgIpc) is 1.49. The molecule has 0 unspecified atom stereocenters. The number of para-hydroxylation sites is 1. The van der Waals surface area contributed by atoms with Gasteiger partial charge in [0.1, 0.15) is 23.0 Å². The standard InChI is InChI=1S/C106H66N4O2/c1-4-25-69(26-5-1)79-33-12-13-40-86(79)98-66-96(71-29-8-3-9-30-71)108-104(110-98)73-53-49-68(50-54-73)75-57-60-101-94(63-75)106(89-43-20-16-38-84(89)85-39-17-21-44-90(85)106)92-58-55-77(64-102(92)112-101)81-35-11-10-34-80(81)76-31-24-32-78(61-76)97-65-95(70-27-6-2-7-28-70)107-103(109-97)72-51-47-67(48-52-72)74-56-59-100-93(62-74)105(91-45-22-23-46-99(91)111-100)87-41-18-14-36-82(87)83-37-15-19-42-88(83)105/h1-66H. The molecule has 6 nitrogen and oxygen atoms in total. The van der Waals surface area contributed by atoms with E-state index < -0.39 is 10.8 Å². The molecule has 0 fully saturated rings. The Morgan fingerprint density at radius 2 is 0.464 bits per heavy atom. The van der Waals surface area contributed by atoms with Crippen molar-refractivity contribution in [2.24, 2.45) is 0 Å². The van der Waals surface area contributed by atoms with Crippen molar-refractivity contribution >= 4 is 0 Å². The summed E-state index contributed by atoms with van der Waals surface area (Å²) in [4.78, 5) is 21.4. The Kier molecular flexibility index (Phi) is 15.0. The number of aromatic nitrogens is 4. The maximum atomic E-state index is 7.34. The second-order valence-corrected chi connectivity index (χ2v) is 29.4. The van der Waals surface area contributed by atoms with Gasteiger partial charge in [0.05, 0.1) is 33.6 Å². The zero-order valence-corrected chi connectivity index (χ0v) is 60.7. The van der Waals surface area contributed by atoms with Gasteiger partial charge in [0.2, 0.25) is 0 Å². The fourth-order valence-corrected chi connectivity index (χ4v) is 18.3. The molecule has 2 spiro atoms. The van der Waals surface area contributed by atoms with Gasteiger partial charge in [0, 0.05) is 55.6 Å². The molecule has 2 aliphatic heterocycles. The Morgan fingerprint density at radius 3 is 0.955 bits per heavy atom. The summed E-state index contributed by atoms with van der Waals surface area (Å²) in [5, 5.41) is 0. The molecule has 22 rings (SSSR count). The minimum Gasteiger partial charge on any atom is -0.457 e. The number of benzene rings is 16. The lowest BCUT2D eigenvalue weighted by molar-refractivity contribution is 0.436. The fraction of sp³-hybridized carbons (Fsp3) is 0.0189. The van der Waals surface area contributed by atoms with Crippen LogP contribution in [0.4, 0.5) is 0 Å². The SMILES string of the molecule is c1ccc(-c2cc(-c3cccc(-c4ccccc4-c4ccc5c(c4)Oc4ccc(-c6ccc(-c7nc(-c8ccccc8)cc(-c8ccccc8-c8ccccc8)n7)cc6)cc4C54c5ccccc5-c5ccccc54)c3)nc(-c3ccc(-c4ccc5c(c4)C4(c6ccccc6O5)c5ccccc5-c5ccccc54)cc3)n2)cc1. The summed E-state index contributed by atoms with van der Waals surface area (Å²) in [5.41, 5.74) is 33.2. The molecule has 0 saturated heterocycles. The molecule has 0 saturated carbocycles. The van der Waals surface area contributed by atoms with E-state index >= 15 is 0 Å². The molecule has 0 amide bonds. The van der Waals surface area contributed by atoms with Crippen molar-refractivity contribution in [3.8, 4) is 169 Å². The second-order valence-electron chi connectivity index (χ2n) is 29.4. The Morgan fingerprint density at radius 1 is 0.152 bits per heavy atom. The first-order valence-electron chi connectivity index (χ1n) is 38.2. The van der Waals surface area contributed by atoms with Gasteiger partial charge in [-0.2, -0.15) is 0 Å². The smallest absolute Gasteiger partial charge is 0.160 e. The van der Waals surface area contributed by atoms with Crippen LogP contribution in [-0.4, -0.2) is 19.9 Å². The number of nitrogens with zero attached hydrogens (tertiary/aromatic N) is 4. The number of rotatable bonds is 11. The quantitative estimate of drug-likeness (QED) is 0.129. The third-order valence-electron chi connectivity index (χ3n) is 23.3. The van der Waals surface area contributed by atoms with Gasteiger partial charge in [-0.3, -0.25) is 0 Å². The first-order chi connectivity index (χ1) is 55.5. The molecule has 2 aliphatic carbocycles. The Bertz CT molecular complexity index is 6720. The first-order valence-corrected chi connectivity index (χ1v) is 38.2. The third kappa shape index (κ3) is 10.3. The van der Waals surface area contributed by atoms with Gasteiger partial charge < -0.3 is 9.47 Å².